The Labute approximate surface area is 232 Å². The zero-order valence-corrected chi connectivity index (χ0v) is 23.2. The van der Waals surface area contributed by atoms with Crippen LogP contribution in [0.1, 0.15) is 53.9 Å². The number of aromatic nitrogens is 4. The smallest absolute Gasteiger partial charge is 0.324 e. The summed E-state index contributed by atoms with van der Waals surface area (Å²) in [5.41, 5.74) is 2.74. The van der Waals surface area contributed by atoms with Crippen molar-refractivity contribution in [3.63, 3.8) is 0 Å². The van der Waals surface area contributed by atoms with Crippen LogP contribution in [-0.2, 0) is 39.3 Å². The summed E-state index contributed by atoms with van der Waals surface area (Å²) in [4.78, 5) is 30.9. The minimum atomic E-state index is -1.40. The van der Waals surface area contributed by atoms with Gasteiger partial charge in [0.25, 0.3) is 11.6 Å². The van der Waals surface area contributed by atoms with Gasteiger partial charge in [0, 0.05) is 47.1 Å². The fourth-order valence-corrected chi connectivity index (χ4v) is 5.00. The van der Waals surface area contributed by atoms with Crippen molar-refractivity contribution in [1.82, 2.24) is 14.1 Å². The maximum Gasteiger partial charge on any atom is 0.324 e. The molecule has 10 nitrogen and oxygen atoms in total. The zero-order chi connectivity index (χ0) is 28.6. The van der Waals surface area contributed by atoms with Crippen molar-refractivity contribution in [3.05, 3.63) is 106 Å². The van der Waals surface area contributed by atoms with Crippen LogP contribution in [0.4, 0.5) is 0 Å². The summed E-state index contributed by atoms with van der Waals surface area (Å²) in [5, 5.41) is 13.7. The molecule has 0 unspecified atom stereocenters. The molecule has 5 rings (SSSR count). The van der Waals surface area contributed by atoms with Crippen LogP contribution in [0.25, 0.3) is 0 Å². The molecule has 40 heavy (non-hydrogen) atoms. The van der Waals surface area contributed by atoms with E-state index in [1.165, 1.54) is 13.8 Å². The van der Waals surface area contributed by atoms with E-state index < -0.39 is 29.6 Å². The summed E-state index contributed by atoms with van der Waals surface area (Å²) in [6.07, 6.45) is 3.53. The van der Waals surface area contributed by atoms with E-state index in [0.717, 1.165) is 21.8 Å². The molecule has 1 aliphatic heterocycles. The Morgan fingerprint density at radius 2 is 1.70 bits per heavy atom. The molecule has 4 aromatic rings. The van der Waals surface area contributed by atoms with E-state index in [1.807, 2.05) is 59.6 Å². The van der Waals surface area contributed by atoms with Gasteiger partial charge in [-0.1, -0.05) is 42.5 Å². The van der Waals surface area contributed by atoms with E-state index in [9.17, 15) is 14.8 Å². The number of ether oxygens (including phenoxy) is 3. The maximum absolute atomic E-state index is 13.7. The molecule has 1 fully saturated rings. The molecule has 208 valence electrons. The predicted molar refractivity (Wildman–Crippen MR) is 144 cm³/mol. The Balaban J connectivity index is 1.58. The van der Waals surface area contributed by atoms with Crippen molar-refractivity contribution >= 4 is 11.9 Å². The van der Waals surface area contributed by atoms with Crippen LogP contribution in [0.3, 0.4) is 0 Å². The average molecular weight is 545 g/mol. The molecule has 10 heteroatoms. The Bertz CT molecular complexity index is 1520. The molecule has 0 amide bonds. The zero-order valence-electron chi connectivity index (χ0n) is 23.2. The van der Waals surface area contributed by atoms with Gasteiger partial charge < -0.3 is 24.0 Å². The highest BCUT2D eigenvalue weighted by Gasteiger charge is 2.52. The first kappa shape index (κ1) is 27.0. The fraction of sp³-hybridized carbons (Fsp3) is 0.333. The van der Waals surface area contributed by atoms with Crippen LogP contribution in [0.5, 0.6) is 5.75 Å². The first-order chi connectivity index (χ1) is 19.1. The summed E-state index contributed by atoms with van der Waals surface area (Å²) in [5.74, 6) is -3.67. The summed E-state index contributed by atoms with van der Waals surface area (Å²) in [6, 6.07) is 16.7. The molecule has 1 atom stereocenters. The van der Waals surface area contributed by atoms with Gasteiger partial charge in [-0.15, -0.1) is 0 Å². The number of hydrogen-bond donors (Lipinski definition) is 0. The molecular formula is C30H32N4O6. The molecule has 0 radical (unpaired) electrons. The number of aryl methyl sites for hydroxylation is 1. The second kappa shape index (κ2) is 10.5. The van der Waals surface area contributed by atoms with Gasteiger partial charge in [-0.05, 0) is 23.3 Å². The highest BCUT2D eigenvalue weighted by molar-refractivity contribution is 5.98. The lowest BCUT2D eigenvalue weighted by Crippen LogP contribution is -2.50. The highest BCUT2D eigenvalue weighted by Crippen LogP contribution is 2.38. The molecule has 3 heterocycles. The minimum absolute atomic E-state index is 0.249. The summed E-state index contributed by atoms with van der Waals surface area (Å²) in [6.45, 7) is 7.22. The van der Waals surface area contributed by atoms with Gasteiger partial charge in [0.1, 0.15) is 42.0 Å². The SMILES string of the molecule is Cc1c(C)[n+]([O-])c([C@H](c2ccc(OCc3nccn3C)cc2)C2C(=O)OC(C)(C)OC2=O)n1Cc1ccccc1. The molecule has 0 saturated carbocycles. The van der Waals surface area contributed by atoms with Crippen molar-refractivity contribution in [1.29, 1.82) is 0 Å². The lowest BCUT2D eigenvalue weighted by Gasteiger charge is -2.35. The third-order valence-electron chi connectivity index (χ3n) is 7.24. The summed E-state index contributed by atoms with van der Waals surface area (Å²) < 4.78 is 21.4. The Morgan fingerprint density at radius 1 is 1.05 bits per heavy atom. The monoisotopic (exact) mass is 544 g/mol. The largest absolute Gasteiger partial charge is 0.711 e. The first-order valence-corrected chi connectivity index (χ1v) is 13.0. The summed E-state index contributed by atoms with van der Waals surface area (Å²) in [7, 11) is 1.88. The molecule has 0 bridgehead atoms. The number of esters is 2. The third-order valence-corrected chi connectivity index (χ3v) is 7.24. The predicted octanol–water partition coefficient (Wildman–Crippen LogP) is 3.68. The van der Waals surface area contributed by atoms with E-state index in [0.29, 0.717) is 23.6 Å². The average Bonchev–Trinajstić information content (AvgIpc) is 3.41. The van der Waals surface area contributed by atoms with Crippen LogP contribution in [0.2, 0.25) is 0 Å². The van der Waals surface area contributed by atoms with E-state index >= 15 is 0 Å². The second-order valence-corrected chi connectivity index (χ2v) is 10.4. The lowest BCUT2D eigenvalue weighted by molar-refractivity contribution is -0.621. The van der Waals surface area contributed by atoms with Gasteiger partial charge in [0.15, 0.2) is 5.92 Å². The lowest BCUT2D eigenvalue weighted by atomic mass is 9.84. The van der Waals surface area contributed by atoms with Crippen LogP contribution in [0.15, 0.2) is 67.0 Å². The molecule has 2 aromatic heterocycles. The molecular weight excluding hydrogens is 512 g/mol. The quantitative estimate of drug-likeness (QED) is 0.144. The van der Waals surface area contributed by atoms with Gasteiger partial charge in [0.05, 0.1) is 0 Å². The van der Waals surface area contributed by atoms with Gasteiger partial charge >= 0.3 is 11.9 Å². The number of carbonyl (C=O) groups is 2. The van der Waals surface area contributed by atoms with E-state index in [-0.39, 0.29) is 12.4 Å². The molecule has 2 aromatic carbocycles. The molecule has 0 aliphatic carbocycles. The molecule has 1 aliphatic rings. The fourth-order valence-electron chi connectivity index (χ4n) is 5.00. The van der Waals surface area contributed by atoms with Gasteiger partial charge in [0.2, 0.25) is 0 Å². The molecule has 0 N–H and O–H groups in total. The van der Waals surface area contributed by atoms with Crippen molar-refractivity contribution in [3.8, 4) is 5.75 Å². The van der Waals surface area contributed by atoms with E-state index in [2.05, 4.69) is 4.98 Å². The topological polar surface area (TPSA) is 112 Å². The summed E-state index contributed by atoms with van der Waals surface area (Å²) >= 11 is 0. The number of hydrogen-bond acceptors (Lipinski definition) is 7. The number of cyclic esters (lactones) is 2. The number of nitrogens with zero attached hydrogens (tertiary/aromatic N) is 4. The number of carbonyl (C=O) groups excluding carboxylic acids is 2. The molecule has 0 spiro atoms. The Kier molecular flexibility index (Phi) is 7.10. The van der Waals surface area contributed by atoms with Crippen LogP contribution in [0, 0.1) is 25.0 Å². The maximum atomic E-state index is 13.7. The number of imidazole rings is 2. The van der Waals surface area contributed by atoms with Crippen LogP contribution >= 0.6 is 0 Å². The van der Waals surface area contributed by atoms with Crippen molar-refractivity contribution in [2.45, 2.75) is 52.6 Å². The standard InChI is InChI=1S/C30H32N4O6/c1-19-20(2)34(37)27(33(19)17-21-9-7-6-8-10-21)25(26-28(35)39-30(3,4)40-29(26)36)22-11-13-23(14-12-22)38-18-24-31-15-16-32(24)5/h6-16,25-26H,17-18H2,1-5H3/t25-/m1/s1. The Hall–Kier alpha value is -4.60. The van der Waals surface area contributed by atoms with E-state index in [1.54, 1.807) is 37.4 Å². The van der Waals surface area contributed by atoms with Gasteiger partial charge in [-0.2, -0.15) is 0 Å². The number of benzene rings is 2. The third kappa shape index (κ3) is 5.16. The van der Waals surface area contributed by atoms with Gasteiger partial charge in [-0.25, -0.2) is 14.3 Å². The van der Waals surface area contributed by atoms with Crippen molar-refractivity contribution in [2.24, 2.45) is 13.0 Å². The van der Waals surface area contributed by atoms with Gasteiger partial charge in [-0.3, -0.25) is 9.59 Å². The highest BCUT2D eigenvalue weighted by atomic mass is 16.7. The normalized spacial score (nSPS) is 15.9. The van der Waals surface area contributed by atoms with Crippen molar-refractivity contribution < 1.29 is 28.5 Å². The minimum Gasteiger partial charge on any atom is -0.711 e. The number of rotatable bonds is 8. The van der Waals surface area contributed by atoms with Crippen LogP contribution < -0.4 is 9.47 Å². The van der Waals surface area contributed by atoms with Crippen LogP contribution in [-0.4, -0.2) is 31.8 Å². The first-order valence-electron chi connectivity index (χ1n) is 13.0. The Morgan fingerprint density at radius 3 is 2.30 bits per heavy atom. The molecule has 1 saturated heterocycles. The van der Waals surface area contributed by atoms with Crippen molar-refractivity contribution in [2.75, 3.05) is 0 Å². The van der Waals surface area contributed by atoms with E-state index in [4.69, 9.17) is 14.2 Å². The second-order valence-electron chi connectivity index (χ2n) is 10.4.